The van der Waals surface area contributed by atoms with Crippen LogP contribution in [0.2, 0.25) is 5.02 Å². The number of halogens is 1. The summed E-state index contributed by atoms with van der Waals surface area (Å²) in [4.78, 5) is 0. The van der Waals surface area contributed by atoms with E-state index in [1.807, 2.05) is 0 Å². The van der Waals surface area contributed by atoms with Crippen LogP contribution in [0.4, 0.5) is 0 Å². The molecular formula is C12H22ClN3O3. The lowest BCUT2D eigenvalue weighted by Crippen LogP contribution is -2.20. The Morgan fingerprint density at radius 3 is 2.68 bits per heavy atom. The van der Waals surface area contributed by atoms with E-state index in [-0.39, 0.29) is 6.04 Å². The molecule has 0 aromatic carbocycles. The molecule has 6 nitrogen and oxygen atoms in total. The van der Waals surface area contributed by atoms with Crippen molar-refractivity contribution in [3.8, 4) is 0 Å². The van der Waals surface area contributed by atoms with Crippen molar-refractivity contribution in [2.45, 2.75) is 19.0 Å². The smallest absolute Gasteiger partial charge is 0.0834 e. The molecule has 7 heteroatoms. The molecule has 110 valence electrons. The Morgan fingerprint density at radius 2 is 2.00 bits per heavy atom. The first-order valence-electron chi connectivity index (χ1n) is 6.23. The van der Waals surface area contributed by atoms with Crippen LogP contribution in [0.5, 0.6) is 0 Å². The fourth-order valence-electron chi connectivity index (χ4n) is 1.69. The number of nitrogens with two attached hydrogens (primary N) is 1. The van der Waals surface area contributed by atoms with Crippen LogP contribution in [-0.2, 0) is 20.8 Å². The van der Waals surface area contributed by atoms with Crippen molar-refractivity contribution >= 4 is 11.6 Å². The van der Waals surface area contributed by atoms with Crippen LogP contribution in [0.3, 0.4) is 0 Å². The van der Waals surface area contributed by atoms with E-state index in [4.69, 9.17) is 31.5 Å². The topological polar surface area (TPSA) is 71.5 Å². The highest BCUT2D eigenvalue weighted by molar-refractivity contribution is 6.31. The summed E-state index contributed by atoms with van der Waals surface area (Å²) < 4.78 is 17.1. The Bertz CT molecular complexity index is 360. The summed E-state index contributed by atoms with van der Waals surface area (Å²) in [5.41, 5.74) is 6.96. The highest BCUT2D eigenvalue weighted by Gasteiger charge is 2.16. The van der Waals surface area contributed by atoms with Crippen molar-refractivity contribution in [2.24, 2.45) is 5.73 Å². The largest absolute Gasteiger partial charge is 0.383 e. The van der Waals surface area contributed by atoms with E-state index in [1.54, 1.807) is 25.1 Å². The molecule has 0 spiro atoms. The Balaban J connectivity index is 2.46. The van der Waals surface area contributed by atoms with Gasteiger partial charge < -0.3 is 19.9 Å². The van der Waals surface area contributed by atoms with Crippen molar-refractivity contribution in [3.63, 3.8) is 0 Å². The predicted molar refractivity (Wildman–Crippen MR) is 73.4 cm³/mol. The molecule has 1 heterocycles. The Labute approximate surface area is 118 Å². The number of rotatable bonds is 10. The Hall–Kier alpha value is -0.660. The molecule has 0 saturated carbocycles. The quantitative estimate of drug-likeness (QED) is 0.657. The zero-order valence-electron chi connectivity index (χ0n) is 11.5. The predicted octanol–water partition coefficient (Wildman–Crippen LogP) is 1.24. The van der Waals surface area contributed by atoms with Crippen LogP contribution in [0.25, 0.3) is 0 Å². The number of hydrogen-bond donors (Lipinski definition) is 1. The number of aromatic nitrogens is 2. The van der Waals surface area contributed by atoms with Gasteiger partial charge in [0.1, 0.15) is 0 Å². The fourth-order valence-corrected chi connectivity index (χ4v) is 1.97. The first-order valence-corrected chi connectivity index (χ1v) is 6.61. The third-order valence-electron chi connectivity index (χ3n) is 2.70. The lowest BCUT2D eigenvalue weighted by molar-refractivity contribution is 0.0668. The number of hydrogen-bond acceptors (Lipinski definition) is 5. The first kappa shape index (κ1) is 16.4. The Morgan fingerprint density at radius 1 is 1.26 bits per heavy atom. The van der Waals surface area contributed by atoms with Crippen LogP contribution in [-0.4, -0.2) is 50.4 Å². The van der Waals surface area contributed by atoms with Crippen LogP contribution >= 0.6 is 11.6 Å². The van der Waals surface area contributed by atoms with Gasteiger partial charge in [-0.25, -0.2) is 0 Å². The molecule has 2 N–H and O–H groups in total. The highest BCUT2D eigenvalue weighted by atomic mass is 35.5. The maximum atomic E-state index is 6.13. The van der Waals surface area contributed by atoms with Gasteiger partial charge >= 0.3 is 0 Å². The van der Waals surface area contributed by atoms with E-state index in [0.717, 1.165) is 5.69 Å². The van der Waals surface area contributed by atoms with Crippen molar-refractivity contribution in [1.82, 2.24) is 9.78 Å². The monoisotopic (exact) mass is 291 g/mol. The average molecular weight is 292 g/mol. The Kier molecular flexibility index (Phi) is 8.00. The summed E-state index contributed by atoms with van der Waals surface area (Å²) >= 11 is 6.12. The molecule has 0 bridgehead atoms. The summed E-state index contributed by atoms with van der Waals surface area (Å²) in [5, 5.41) is 4.78. The summed E-state index contributed by atoms with van der Waals surface area (Å²) in [7, 11) is 3.29. The molecule has 0 aliphatic heterocycles. The van der Waals surface area contributed by atoms with Crippen molar-refractivity contribution in [1.29, 1.82) is 0 Å². The second-order valence-corrected chi connectivity index (χ2v) is 4.50. The number of methoxy groups -OCH3 is 2. The summed E-state index contributed by atoms with van der Waals surface area (Å²) in [5.74, 6) is 0. The maximum absolute atomic E-state index is 6.13. The molecule has 0 aliphatic carbocycles. The molecular weight excluding hydrogens is 270 g/mol. The molecule has 1 rings (SSSR count). The van der Waals surface area contributed by atoms with E-state index in [1.165, 1.54) is 0 Å². The van der Waals surface area contributed by atoms with Crippen LogP contribution in [0.15, 0.2) is 6.20 Å². The zero-order chi connectivity index (χ0) is 14.1. The molecule has 0 radical (unpaired) electrons. The van der Waals surface area contributed by atoms with Crippen LogP contribution in [0.1, 0.15) is 18.2 Å². The molecule has 1 aromatic rings. The molecule has 1 atom stereocenters. The average Bonchev–Trinajstić information content (AvgIpc) is 2.77. The lowest BCUT2D eigenvalue weighted by atomic mass is 10.1. The normalized spacial score (nSPS) is 12.8. The highest BCUT2D eigenvalue weighted by Crippen LogP contribution is 2.23. The third kappa shape index (κ3) is 5.46. The molecule has 0 fully saturated rings. The zero-order valence-corrected chi connectivity index (χ0v) is 12.2. The van der Waals surface area contributed by atoms with Crippen molar-refractivity contribution in [2.75, 3.05) is 40.6 Å². The second-order valence-electron chi connectivity index (χ2n) is 4.09. The van der Waals surface area contributed by atoms with Gasteiger partial charge in [0.15, 0.2) is 0 Å². The van der Waals surface area contributed by atoms with Gasteiger partial charge in [0.05, 0.1) is 49.3 Å². The molecule has 19 heavy (non-hydrogen) atoms. The fraction of sp³-hybridized carbons (Fsp3) is 0.750. The van der Waals surface area contributed by atoms with E-state index in [0.29, 0.717) is 44.4 Å². The van der Waals surface area contributed by atoms with E-state index in [9.17, 15) is 0 Å². The minimum absolute atomic E-state index is 0.200. The number of ether oxygens (including phenoxy) is 3. The SMILES string of the molecule is COCCOCCC(N)c1c(Cl)cnn1CCOC. The first-order chi connectivity index (χ1) is 9.20. The number of nitrogens with zero attached hydrogens (tertiary/aromatic N) is 2. The van der Waals surface area contributed by atoms with E-state index >= 15 is 0 Å². The third-order valence-corrected chi connectivity index (χ3v) is 2.99. The van der Waals surface area contributed by atoms with E-state index in [2.05, 4.69) is 5.10 Å². The van der Waals surface area contributed by atoms with Gasteiger partial charge in [0.2, 0.25) is 0 Å². The molecule has 1 aromatic heterocycles. The van der Waals surface area contributed by atoms with Gasteiger partial charge in [-0.2, -0.15) is 5.10 Å². The van der Waals surface area contributed by atoms with Crippen LogP contribution < -0.4 is 5.73 Å². The van der Waals surface area contributed by atoms with Crippen LogP contribution in [0, 0.1) is 0 Å². The van der Waals surface area contributed by atoms with Gasteiger partial charge in [-0.1, -0.05) is 11.6 Å². The summed E-state index contributed by atoms with van der Waals surface area (Å²) in [6, 6.07) is -0.200. The lowest BCUT2D eigenvalue weighted by Gasteiger charge is -2.15. The van der Waals surface area contributed by atoms with Gasteiger partial charge in [0.25, 0.3) is 0 Å². The summed E-state index contributed by atoms with van der Waals surface area (Å²) in [6.45, 7) is 2.93. The standard InChI is InChI=1S/C12H22ClN3O3/c1-17-6-4-16-12(10(13)9-15-16)11(14)3-5-19-8-7-18-2/h9,11H,3-8,14H2,1-2H3. The molecule has 0 amide bonds. The second kappa shape index (κ2) is 9.28. The van der Waals surface area contributed by atoms with Crippen molar-refractivity contribution < 1.29 is 14.2 Å². The van der Waals surface area contributed by atoms with E-state index < -0.39 is 0 Å². The minimum Gasteiger partial charge on any atom is -0.383 e. The van der Waals surface area contributed by atoms with Gasteiger partial charge in [-0.05, 0) is 6.42 Å². The summed E-state index contributed by atoms with van der Waals surface area (Å²) in [6.07, 6.45) is 2.29. The maximum Gasteiger partial charge on any atom is 0.0834 e. The minimum atomic E-state index is -0.200. The van der Waals surface area contributed by atoms with Crippen molar-refractivity contribution in [3.05, 3.63) is 16.9 Å². The van der Waals surface area contributed by atoms with Gasteiger partial charge in [-0.3, -0.25) is 4.68 Å². The molecule has 1 unspecified atom stereocenters. The van der Waals surface area contributed by atoms with Gasteiger partial charge in [-0.15, -0.1) is 0 Å². The molecule has 0 saturated heterocycles. The molecule has 0 aliphatic rings. The van der Waals surface area contributed by atoms with Gasteiger partial charge in [0, 0.05) is 20.8 Å².